The first-order valence-electron chi connectivity index (χ1n) is 9.15. The van der Waals surface area contributed by atoms with E-state index in [0.29, 0.717) is 21.6 Å². The van der Waals surface area contributed by atoms with Gasteiger partial charge in [0.25, 0.3) is 0 Å². The Hall–Kier alpha value is -2.98. The number of rotatable bonds is 8. The van der Waals surface area contributed by atoms with Gasteiger partial charge in [-0.3, -0.25) is 14.4 Å². The highest BCUT2D eigenvalue weighted by Crippen LogP contribution is 2.26. The molecule has 3 aromatic rings. The van der Waals surface area contributed by atoms with E-state index in [-0.39, 0.29) is 12.6 Å². The summed E-state index contributed by atoms with van der Waals surface area (Å²) < 4.78 is 31.1. The minimum absolute atomic E-state index is 0.000297. The Balaban J connectivity index is 1.71. The molecule has 10 heteroatoms. The molecular weight excluding hydrogens is 424 g/mol. The summed E-state index contributed by atoms with van der Waals surface area (Å²) in [6.45, 7) is 3.42. The Morgan fingerprint density at radius 3 is 2.37 bits per heavy atom. The van der Waals surface area contributed by atoms with Crippen molar-refractivity contribution in [2.75, 3.05) is 22.4 Å². The average Bonchev–Trinajstić information content (AvgIpc) is 3.15. The summed E-state index contributed by atoms with van der Waals surface area (Å²) in [5, 5.41) is 11.6. The third kappa shape index (κ3) is 5.77. The van der Waals surface area contributed by atoms with Gasteiger partial charge < -0.3 is 4.74 Å². The molecule has 3 rings (SSSR count). The van der Waals surface area contributed by atoms with Crippen LogP contribution >= 0.6 is 11.3 Å². The molecule has 1 heterocycles. The van der Waals surface area contributed by atoms with Gasteiger partial charge in [-0.2, -0.15) is 0 Å². The van der Waals surface area contributed by atoms with Crippen LogP contribution in [0.2, 0.25) is 0 Å². The molecule has 1 aromatic heterocycles. The maximum absolute atomic E-state index is 12.5. The minimum Gasteiger partial charge on any atom is -0.491 e. The first-order chi connectivity index (χ1) is 14.2. The Morgan fingerprint density at radius 2 is 1.77 bits per heavy atom. The number of carbonyl (C=O) groups excluding carboxylic acids is 1. The van der Waals surface area contributed by atoms with Gasteiger partial charge in [0, 0.05) is 5.56 Å². The second-order valence-corrected chi connectivity index (χ2v) is 9.64. The lowest BCUT2D eigenvalue weighted by atomic mass is 10.2. The number of hydrogen-bond acceptors (Lipinski definition) is 7. The Labute approximate surface area is 179 Å². The molecule has 0 spiro atoms. The molecule has 30 heavy (non-hydrogen) atoms. The van der Waals surface area contributed by atoms with Gasteiger partial charge in [-0.1, -0.05) is 41.7 Å². The topological polar surface area (TPSA) is 101 Å². The lowest BCUT2D eigenvalue weighted by Gasteiger charge is -2.22. The normalized spacial score (nSPS) is 11.3. The van der Waals surface area contributed by atoms with E-state index < -0.39 is 15.9 Å². The Kier molecular flexibility index (Phi) is 6.68. The van der Waals surface area contributed by atoms with E-state index in [2.05, 4.69) is 15.5 Å². The monoisotopic (exact) mass is 446 g/mol. The maximum atomic E-state index is 12.5. The van der Waals surface area contributed by atoms with Crippen molar-refractivity contribution in [3.05, 3.63) is 54.6 Å². The SMILES string of the molecule is CC(C)Oc1ccc(N(CC(=O)Nc2nnc(-c3ccccc3)s2)S(C)(=O)=O)cc1. The fraction of sp³-hybridized carbons (Fsp3) is 0.250. The number of aromatic nitrogens is 2. The van der Waals surface area contributed by atoms with Crippen LogP contribution in [0.1, 0.15) is 13.8 Å². The summed E-state index contributed by atoms with van der Waals surface area (Å²) in [6.07, 6.45) is 1.05. The van der Waals surface area contributed by atoms with E-state index in [4.69, 9.17) is 4.74 Å². The summed E-state index contributed by atoms with van der Waals surface area (Å²) in [5.41, 5.74) is 1.25. The molecule has 0 aliphatic heterocycles. The van der Waals surface area contributed by atoms with Crippen molar-refractivity contribution in [3.8, 4) is 16.3 Å². The summed E-state index contributed by atoms with van der Waals surface area (Å²) >= 11 is 1.21. The molecule has 1 N–H and O–H groups in total. The van der Waals surface area contributed by atoms with E-state index >= 15 is 0 Å². The summed E-state index contributed by atoms with van der Waals surface area (Å²) in [7, 11) is -3.68. The van der Waals surface area contributed by atoms with Crippen LogP contribution in [0.4, 0.5) is 10.8 Å². The molecule has 0 aliphatic rings. The van der Waals surface area contributed by atoms with Crippen LogP contribution in [0.25, 0.3) is 10.6 Å². The molecule has 0 bridgehead atoms. The molecule has 0 atom stereocenters. The van der Waals surface area contributed by atoms with Gasteiger partial charge in [-0.05, 0) is 38.1 Å². The number of anilines is 2. The van der Waals surface area contributed by atoms with Crippen molar-refractivity contribution in [2.24, 2.45) is 0 Å². The fourth-order valence-corrected chi connectivity index (χ4v) is 4.25. The van der Waals surface area contributed by atoms with Crippen molar-refractivity contribution in [1.82, 2.24) is 10.2 Å². The predicted octanol–water partition coefficient (Wildman–Crippen LogP) is 3.40. The van der Waals surface area contributed by atoms with E-state index in [1.807, 2.05) is 44.2 Å². The van der Waals surface area contributed by atoms with E-state index in [1.54, 1.807) is 24.3 Å². The van der Waals surface area contributed by atoms with E-state index in [0.717, 1.165) is 16.1 Å². The zero-order valence-electron chi connectivity index (χ0n) is 16.8. The number of ether oxygens (including phenoxy) is 1. The Morgan fingerprint density at radius 1 is 1.10 bits per heavy atom. The lowest BCUT2D eigenvalue weighted by Crippen LogP contribution is -2.37. The summed E-state index contributed by atoms with van der Waals surface area (Å²) in [4.78, 5) is 12.5. The molecular formula is C20H22N4O4S2. The van der Waals surface area contributed by atoms with Crippen LogP contribution in [0.3, 0.4) is 0 Å². The molecule has 0 fully saturated rings. The van der Waals surface area contributed by atoms with Crippen LogP contribution in [-0.2, 0) is 14.8 Å². The third-order valence-corrected chi connectivity index (χ3v) is 5.90. The first kappa shape index (κ1) is 21.7. The zero-order chi connectivity index (χ0) is 21.7. The van der Waals surface area contributed by atoms with Crippen molar-refractivity contribution >= 4 is 38.1 Å². The number of benzene rings is 2. The maximum Gasteiger partial charge on any atom is 0.246 e. The molecule has 0 unspecified atom stereocenters. The van der Waals surface area contributed by atoms with Crippen LogP contribution in [0.5, 0.6) is 5.75 Å². The minimum atomic E-state index is -3.68. The van der Waals surface area contributed by atoms with E-state index in [9.17, 15) is 13.2 Å². The molecule has 0 saturated carbocycles. The summed E-state index contributed by atoms with van der Waals surface area (Å²) in [5.74, 6) is 0.104. The number of sulfonamides is 1. The number of carbonyl (C=O) groups is 1. The second kappa shape index (κ2) is 9.23. The van der Waals surface area contributed by atoms with Crippen molar-refractivity contribution in [2.45, 2.75) is 20.0 Å². The van der Waals surface area contributed by atoms with Crippen LogP contribution < -0.4 is 14.4 Å². The second-order valence-electron chi connectivity index (χ2n) is 6.76. The number of hydrogen-bond donors (Lipinski definition) is 1. The van der Waals surface area contributed by atoms with Gasteiger partial charge in [0.2, 0.25) is 21.1 Å². The van der Waals surface area contributed by atoms with Crippen LogP contribution in [0.15, 0.2) is 54.6 Å². The number of nitrogens with one attached hydrogen (secondary N) is 1. The van der Waals surface area contributed by atoms with Crippen molar-refractivity contribution in [1.29, 1.82) is 0 Å². The molecule has 0 aliphatic carbocycles. The van der Waals surface area contributed by atoms with Crippen LogP contribution in [-0.4, -0.2) is 43.4 Å². The largest absolute Gasteiger partial charge is 0.491 e. The van der Waals surface area contributed by atoms with Gasteiger partial charge in [-0.15, -0.1) is 10.2 Å². The van der Waals surface area contributed by atoms with Crippen LogP contribution in [0, 0.1) is 0 Å². The zero-order valence-corrected chi connectivity index (χ0v) is 18.4. The van der Waals surface area contributed by atoms with Crippen molar-refractivity contribution in [3.63, 3.8) is 0 Å². The highest BCUT2D eigenvalue weighted by molar-refractivity contribution is 7.92. The molecule has 0 saturated heterocycles. The molecule has 8 nitrogen and oxygen atoms in total. The van der Waals surface area contributed by atoms with Gasteiger partial charge in [0.05, 0.1) is 18.0 Å². The quantitative estimate of drug-likeness (QED) is 0.569. The molecule has 0 radical (unpaired) electrons. The van der Waals surface area contributed by atoms with Crippen molar-refractivity contribution < 1.29 is 17.9 Å². The summed E-state index contributed by atoms with van der Waals surface area (Å²) in [6, 6.07) is 16.0. The lowest BCUT2D eigenvalue weighted by molar-refractivity contribution is -0.114. The molecule has 1 amide bonds. The highest BCUT2D eigenvalue weighted by atomic mass is 32.2. The Bertz CT molecular complexity index is 1100. The first-order valence-corrected chi connectivity index (χ1v) is 11.8. The number of amides is 1. The number of nitrogens with zero attached hydrogens (tertiary/aromatic N) is 3. The highest BCUT2D eigenvalue weighted by Gasteiger charge is 2.22. The standard InChI is InChI=1S/C20H22N4O4S2/c1-14(2)28-17-11-9-16(10-12-17)24(30(3,26)27)13-18(25)21-20-23-22-19(29-20)15-7-5-4-6-8-15/h4-12,14H,13H2,1-3H3,(H,21,23,25). The average molecular weight is 447 g/mol. The van der Waals surface area contributed by atoms with Gasteiger partial charge >= 0.3 is 0 Å². The van der Waals surface area contributed by atoms with Gasteiger partial charge in [-0.25, -0.2) is 8.42 Å². The van der Waals surface area contributed by atoms with E-state index in [1.165, 1.54) is 11.3 Å². The van der Waals surface area contributed by atoms with Gasteiger partial charge in [0.15, 0.2) is 0 Å². The smallest absolute Gasteiger partial charge is 0.246 e. The predicted molar refractivity (Wildman–Crippen MR) is 118 cm³/mol. The third-order valence-electron chi connectivity index (χ3n) is 3.88. The van der Waals surface area contributed by atoms with Gasteiger partial charge in [0.1, 0.15) is 17.3 Å². The fourth-order valence-electron chi connectivity index (χ4n) is 2.62. The molecule has 158 valence electrons. The molecule has 2 aromatic carbocycles.